The Morgan fingerprint density at radius 2 is 1.82 bits per heavy atom. The molecule has 0 bridgehead atoms. The number of aromatic nitrogens is 1. The molecular formula is C21H22FNO5. The zero-order chi connectivity index (χ0) is 20.7. The van der Waals surface area contributed by atoms with Crippen molar-refractivity contribution in [3.8, 4) is 0 Å². The van der Waals surface area contributed by atoms with Gasteiger partial charge < -0.3 is 14.0 Å². The summed E-state index contributed by atoms with van der Waals surface area (Å²) < 4.78 is 24.3. The van der Waals surface area contributed by atoms with E-state index in [1.165, 1.54) is 43.5 Å². The van der Waals surface area contributed by atoms with E-state index in [9.17, 15) is 18.8 Å². The lowest BCUT2D eigenvalue weighted by Crippen LogP contribution is -2.14. The van der Waals surface area contributed by atoms with Crippen LogP contribution in [0, 0.1) is 19.7 Å². The van der Waals surface area contributed by atoms with Crippen LogP contribution >= 0.6 is 0 Å². The molecule has 0 saturated carbocycles. The highest BCUT2D eigenvalue weighted by Gasteiger charge is 2.17. The number of methoxy groups -OCH3 is 1. The number of aryl methyl sites for hydroxylation is 1. The van der Waals surface area contributed by atoms with E-state index in [1.54, 1.807) is 13.0 Å². The van der Waals surface area contributed by atoms with E-state index < -0.39 is 12.6 Å². The van der Waals surface area contributed by atoms with Crippen LogP contribution in [0.15, 0.2) is 36.4 Å². The number of ether oxygens (including phenoxy) is 2. The fourth-order valence-corrected chi connectivity index (χ4v) is 2.73. The minimum Gasteiger partial charge on any atom is -0.469 e. The Morgan fingerprint density at radius 1 is 1.14 bits per heavy atom. The molecule has 7 heteroatoms. The highest BCUT2D eigenvalue weighted by Crippen LogP contribution is 2.17. The third-order valence-electron chi connectivity index (χ3n) is 4.27. The number of hydrogen-bond acceptors (Lipinski definition) is 5. The minimum atomic E-state index is -0.669. The van der Waals surface area contributed by atoms with Gasteiger partial charge in [-0.25, -0.2) is 9.18 Å². The number of hydrogen-bond donors (Lipinski definition) is 0. The van der Waals surface area contributed by atoms with Gasteiger partial charge in [-0.2, -0.15) is 0 Å². The normalized spacial score (nSPS) is 10.9. The van der Waals surface area contributed by atoms with Crippen molar-refractivity contribution in [3.05, 3.63) is 64.7 Å². The van der Waals surface area contributed by atoms with Gasteiger partial charge in [0.2, 0.25) is 5.78 Å². The van der Waals surface area contributed by atoms with Gasteiger partial charge in [-0.15, -0.1) is 0 Å². The van der Waals surface area contributed by atoms with Crippen LogP contribution in [-0.4, -0.2) is 36.0 Å². The molecule has 148 valence electrons. The van der Waals surface area contributed by atoms with Crippen LogP contribution in [0.5, 0.6) is 0 Å². The largest absolute Gasteiger partial charge is 0.469 e. The van der Waals surface area contributed by atoms with Crippen molar-refractivity contribution in [2.24, 2.45) is 0 Å². The van der Waals surface area contributed by atoms with Gasteiger partial charge in [0.15, 0.2) is 6.61 Å². The van der Waals surface area contributed by atoms with Crippen molar-refractivity contribution in [1.29, 1.82) is 0 Å². The number of carbonyl (C=O) groups is 3. The lowest BCUT2D eigenvalue weighted by molar-refractivity contribution is -0.141. The van der Waals surface area contributed by atoms with Crippen LogP contribution in [0.25, 0.3) is 6.08 Å². The molecule has 0 N–H and O–H groups in total. The van der Waals surface area contributed by atoms with Crippen molar-refractivity contribution < 1.29 is 28.2 Å². The van der Waals surface area contributed by atoms with Crippen molar-refractivity contribution in [2.45, 2.75) is 26.8 Å². The first-order valence-corrected chi connectivity index (χ1v) is 8.69. The molecule has 1 aromatic heterocycles. The summed E-state index contributed by atoms with van der Waals surface area (Å²) in [4.78, 5) is 35.5. The number of carbonyl (C=O) groups excluding carboxylic acids is 3. The number of nitrogens with zero attached hydrogens (tertiary/aromatic N) is 1. The zero-order valence-electron chi connectivity index (χ0n) is 16.0. The molecule has 6 nitrogen and oxygen atoms in total. The van der Waals surface area contributed by atoms with Crippen LogP contribution in [0.2, 0.25) is 0 Å². The van der Waals surface area contributed by atoms with E-state index >= 15 is 0 Å². The van der Waals surface area contributed by atoms with Gasteiger partial charge in [-0.05, 0) is 43.7 Å². The molecule has 0 amide bonds. The smallest absolute Gasteiger partial charge is 0.331 e. The van der Waals surface area contributed by atoms with Crippen LogP contribution < -0.4 is 0 Å². The summed E-state index contributed by atoms with van der Waals surface area (Å²) >= 11 is 0. The van der Waals surface area contributed by atoms with Crippen molar-refractivity contribution >= 4 is 23.8 Å². The first-order valence-electron chi connectivity index (χ1n) is 8.69. The Kier molecular flexibility index (Phi) is 7.26. The lowest BCUT2D eigenvalue weighted by atomic mass is 10.1. The van der Waals surface area contributed by atoms with Gasteiger partial charge >= 0.3 is 11.9 Å². The first-order chi connectivity index (χ1) is 13.3. The van der Waals surface area contributed by atoms with Crippen molar-refractivity contribution in [1.82, 2.24) is 4.57 Å². The Morgan fingerprint density at radius 3 is 2.46 bits per heavy atom. The highest BCUT2D eigenvalue weighted by atomic mass is 19.1. The maximum atomic E-state index is 12.8. The third kappa shape index (κ3) is 5.64. The molecule has 0 unspecified atom stereocenters. The molecule has 28 heavy (non-hydrogen) atoms. The summed E-state index contributed by atoms with van der Waals surface area (Å²) in [6.07, 6.45) is 2.86. The van der Waals surface area contributed by atoms with Crippen molar-refractivity contribution in [3.63, 3.8) is 0 Å². The predicted molar refractivity (Wildman–Crippen MR) is 101 cm³/mol. The quantitative estimate of drug-likeness (QED) is 0.395. The Balaban J connectivity index is 1.94. The average molecular weight is 387 g/mol. The molecule has 0 aliphatic rings. The highest BCUT2D eigenvalue weighted by molar-refractivity contribution is 6.00. The summed E-state index contributed by atoms with van der Waals surface area (Å²) in [5, 5.41) is 0. The summed E-state index contributed by atoms with van der Waals surface area (Å²) in [7, 11) is 1.32. The number of Topliss-reactive ketones (excluding diaryl/α,β-unsaturated/α-hetero) is 1. The molecule has 2 rings (SSSR count). The Hall–Kier alpha value is -3.22. The maximum Gasteiger partial charge on any atom is 0.331 e. The van der Waals surface area contributed by atoms with E-state index in [1.807, 2.05) is 11.5 Å². The van der Waals surface area contributed by atoms with Gasteiger partial charge in [0.1, 0.15) is 5.82 Å². The second-order valence-corrected chi connectivity index (χ2v) is 6.18. The molecule has 0 aliphatic carbocycles. The number of benzene rings is 1. The van der Waals surface area contributed by atoms with E-state index in [2.05, 4.69) is 4.74 Å². The first kappa shape index (κ1) is 21.1. The van der Waals surface area contributed by atoms with E-state index in [0.29, 0.717) is 23.4 Å². The monoisotopic (exact) mass is 387 g/mol. The number of ketones is 1. The van der Waals surface area contributed by atoms with Gasteiger partial charge in [0, 0.05) is 29.6 Å². The predicted octanol–water partition coefficient (Wildman–Crippen LogP) is 3.25. The molecule has 0 saturated heterocycles. The van der Waals surface area contributed by atoms with Crippen LogP contribution in [-0.2, 0) is 25.6 Å². The Bertz CT molecular complexity index is 896. The molecule has 0 aliphatic heterocycles. The minimum absolute atomic E-state index is 0.198. The topological polar surface area (TPSA) is 74.6 Å². The van der Waals surface area contributed by atoms with Crippen LogP contribution in [0.3, 0.4) is 0 Å². The van der Waals surface area contributed by atoms with Gasteiger partial charge in [0.25, 0.3) is 0 Å². The summed E-state index contributed by atoms with van der Waals surface area (Å²) in [6, 6.07) is 7.31. The van der Waals surface area contributed by atoms with Gasteiger partial charge in [-0.3, -0.25) is 9.59 Å². The lowest BCUT2D eigenvalue weighted by Gasteiger charge is -2.08. The summed E-state index contributed by atoms with van der Waals surface area (Å²) in [5.41, 5.74) is 2.60. The third-order valence-corrected chi connectivity index (χ3v) is 4.27. The molecule has 2 aromatic rings. The van der Waals surface area contributed by atoms with E-state index in [0.717, 1.165) is 5.69 Å². The summed E-state index contributed by atoms with van der Waals surface area (Å²) in [6.45, 7) is 3.61. The SMILES string of the molecule is COC(=O)CCn1c(C)cc(C(=O)COC(=O)/C=C/c2ccc(F)cc2)c1C. The zero-order valence-corrected chi connectivity index (χ0v) is 16.0. The molecular weight excluding hydrogens is 365 g/mol. The fraction of sp³-hybridized carbons (Fsp3) is 0.286. The fourth-order valence-electron chi connectivity index (χ4n) is 2.73. The number of rotatable bonds is 8. The van der Waals surface area contributed by atoms with Gasteiger partial charge in [-0.1, -0.05) is 12.1 Å². The van der Waals surface area contributed by atoms with Crippen LogP contribution in [0.1, 0.15) is 33.7 Å². The second-order valence-electron chi connectivity index (χ2n) is 6.18. The standard InChI is InChI=1S/C21H22FNO5/c1-14-12-18(15(2)23(14)11-10-20(25)27-3)19(24)13-28-21(26)9-6-16-4-7-17(22)8-5-16/h4-9,12H,10-11,13H2,1-3H3/b9-6+. The van der Waals surface area contributed by atoms with Crippen molar-refractivity contribution in [2.75, 3.05) is 13.7 Å². The number of halogens is 1. The number of esters is 2. The molecule has 0 atom stereocenters. The maximum absolute atomic E-state index is 12.8. The summed E-state index contributed by atoms with van der Waals surface area (Å²) in [5.74, 6) is -1.70. The molecule has 0 radical (unpaired) electrons. The molecule has 0 fully saturated rings. The van der Waals surface area contributed by atoms with E-state index in [4.69, 9.17) is 4.74 Å². The second kappa shape index (κ2) is 9.64. The molecule has 1 heterocycles. The van der Waals surface area contributed by atoms with Crippen LogP contribution in [0.4, 0.5) is 4.39 Å². The van der Waals surface area contributed by atoms with E-state index in [-0.39, 0.29) is 24.0 Å². The average Bonchev–Trinajstić information content (AvgIpc) is 2.97. The molecule has 0 spiro atoms. The Labute approximate surface area is 162 Å². The molecule has 1 aromatic carbocycles. The van der Waals surface area contributed by atoms with Gasteiger partial charge in [0.05, 0.1) is 13.5 Å².